The number of carbonyl (C=O) groups is 1. The van der Waals surface area contributed by atoms with Crippen LogP contribution in [0.4, 0.5) is 4.79 Å². The molecule has 1 aliphatic heterocycles. The number of amides is 1. The largest absolute Gasteiger partial charge is 0.444 e. The van der Waals surface area contributed by atoms with E-state index >= 15 is 0 Å². The molecule has 0 N–H and O–H groups in total. The molecular weight excluding hydrogens is 310 g/mol. The van der Waals surface area contributed by atoms with E-state index in [-0.39, 0.29) is 24.9 Å². The molecule has 1 amide bonds. The van der Waals surface area contributed by atoms with Crippen molar-refractivity contribution in [2.45, 2.75) is 58.3 Å². The normalized spacial score (nSPS) is 19.0. The first-order valence-corrected chi connectivity index (χ1v) is 9.26. The van der Waals surface area contributed by atoms with E-state index in [0.717, 1.165) is 6.26 Å². The van der Waals surface area contributed by atoms with Gasteiger partial charge in [-0.1, -0.05) is 0 Å². The third-order valence-electron chi connectivity index (χ3n) is 3.04. The lowest BCUT2D eigenvalue weighted by atomic mass is 10.1. The highest BCUT2D eigenvalue weighted by Crippen LogP contribution is 2.18. The molecule has 1 saturated heterocycles. The molecule has 0 unspecified atom stereocenters. The molecule has 1 aliphatic rings. The van der Waals surface area contributed by atoms with Crippen molar-refractivity contribution in [3.05, 3.63) is 0 Å². The van der Waals surface area contributed by atoms with Gasteiger partial charge >= 0.3 is 6.09 Å². The Morgan fingerprint density at radius 1 is 1.27 bits per heavy atom. The van der Waals surface area contributed by atoms with Gasteiger partial charge in [-0.05, 0) is 40.5 Å². The SMILES string of the molecule is C[C@H](COS(C)(=O)=O)OC1CCN(C(=O)OC(C)(C)C)CC1. The molecule has 0 saturated carbocycles. The molecule has 0 radical (unpaired) electrons. The first-order chi connectivity index (χ1) is 9.96. The Bertz CT molecular complexity index is 462. The molecule has 7 nitrogen and oxygen atoms in total. The summed E-state index contributed by atoms with van der Waals surface area (Å²) in [6.07, 6.45) is 1.79. The molecule has 0 aromatic heterocycles. The number of carbonyl (C=O) groups excluding carboxylic acids is 1. The summed E-state index contributed by atoms with van der Waals surface area (Å²) in [5, 5.41) is 0. The lowest BCUT2D eigenvalue weighted by Crippen LogP contribution is -2.44. The number of likely N-dealkylation sites (tertiary alicyclic amines) is 1. The molecule has 130 valence electrons. The van der Waals surface area contributed by atoms with E-state index in [1.807, 2.05) is 20.8 Å². The van der Waals surface area contributed by atoms with Crippen LogP contribution in [0.25, 0.3) is 0 Å². The van der Waals surface area contributed by atoms with Crippen molar-refractivity contribution >= 4 is 16.2 Å². The van der Waals surface area contributed by atoms with Crippen molar-refractivity contribution in [2.24, 2.45) is 0 Å². The molecule has 1 rings (SSSR count). The zero-order valence-electron chi connectivity index (χ0n) is 14.0. The summed E-state index contributed by atoms with van der Waals surface area (Å²) in [4.78, 5) is 13.6. The summed E-state index contributed by atoms with van der Waals surface area (Å²) in [6, 6.07) is 0. The number of hydrogen-bond acceptors (Lipinski definition) is 6. The number of piperidine rings is 1. The topological polar surface area (TPSA) is 82.1 Å². The molecule has 0 bridgehead atoms. The van der Waals surface area contributed by atoms with E-state index in [0.29, 0.717) is 25.9 Å². The van der Waals surface area contributed by atoms with Gasteiger partial charge in [-0.15, -0.1) is 0 Å². The van der Waals surface area contributed by atoms with Gasteiger partial charge in [-0.25, -0.2) is 4.79 Å². The molecule has 1 fully saturated rings. The van der Waals surface area contributed by atoms with Crippen LogP contribution in [0.1, 0.15) is 40.5 Å². The van der Waals surface area contributed by atoms with Crippen molar-refractivity contribution in [2.75, 3.05) is 26.0 Å². The van der Waals surface area contributed by atoms with Crippen LogP contribution in [0.15, 0.2) is 0 Å². The molecule has 8 heteroatoms. The molecule has 22 heavy (non-hydrogen) atoms. The smallest absolute Gasteiger partial charge is 0.410 e. The number of nitrogens with zero attached hydrogens (tertiary/aromatic N) is 1. The fraction of sp³-hybridized carbons (Fsp3) is 0.929. The van der Waals surface area contributed by atoms with Gasteiger partial charge < -0.3 is 14.4 Å². The maximum Gasteiger partial charge on any atom is 0.410 e. The van der Waals surface area contributed by atoms with Crippen LogP contribution in [0.2, 0.25) is 0 Å². The van der Waals surface area contributed by atoms with Gasteiger partial charge in [0.15, 0.2) is 0 Å². The Labute approximate surface area is 133 Å². The number of hydrogen-bond donors (Lipinski definition) is 0. The fourth-order valence-corrected chi connectivity index (χ4v) is 2.53. The third-order valence-corrected chi connectivity index (χ3v) is 3.60. The van der Waals surface area contributed by atoms with E-state index in [9.17, 15) is 13.2 Å². The van der Waals surface area contributed by atoms with Crippen LogP contribution < -0.4 is 0 Å². The minimum Gasteiger partial charge on any atom is -0.444 e. The minimum absolute atomic E-state index is 0.00292. The van der Waals surface area contributed by atoms with E-state index in [4.69, 9.17) is 13.7 Å². The first kappa shape index (κ1) is 19.2. The Balaban J connectivity index is 2.32. The average Bonchev–Trinajstić information content (AvgIpc) is 2.34. The van der Waals surface area contributed by atoms with E-state index in [1.165, 1.54) is 0 Å². The predicted molar refractivity (Wildman–Crippen MR) is 82.2 cm³/mol. The van der Waals surface area contributed by atoms with Crippen LogP contribution in [-0.2, 0) is 23.8 Å². The second kappa shape index (κ2) is 7.61. The Morgan fingerprint density at radius 2 is 1.82 bits per heavy atom. The second-order valence-corrected chi connectivity index (χ2v) is 8.25. The monoisotopic (exact) mass is 337 g/mol. The summed E-state index contributed by atoms with van der Waals surface area (Å²) in [5.74, 6) is 0. The van der Waals surface area contributed by atoms with Gasteiger partial charge in [-0.2, -0.15) is 8.42 Å². The summed E-state index contributed by atoms with van der Waals surface area (Å²) in [7, 11) is -3.45. The zero-order chi connectivity index (χ0) is 17.0. The van der Waals surface area contributed by atoms with Crippen LogP contribution in [-0.4, -0.2) is 63.2 Å². The molecule has 0 aromatic carbocycles. The van der Waals surface area contributed by atoms with Gasteiger partial charge in [0.2, 0.25) is 0 Å². The van der Waals surface area contributed by atoms with Crippen LogP contribution in [0, 0.1) is 0 Å². The van der Waals surface area contributed by atoms with Gasteiger partial charge in [0.05, 0.1) is 25.1 Å². The third kappa shape index (κ3) is 7.95. The van der Waals surface area contributed by atoms with Crippen molar-refractivity contribution in [3.8, 4) is 0 Å². The quantitative estimate of drug-likeness (QED) is 0.711. The zero-order valence-corrected chi connectivity index (χ0v) is 14.8. The minimum atomic E-state index is -3.45. The fourth-order valence-electron chi connectivity index (χ4n) is 2.09. The Morgan fingerprint density at radius 3 is 2.27 bits per heavy atom. The molecule has 0 aliphatic carbocycles. The summed E-state index contributed by atoms with van der Waals surface area (Å²) < 4.78 is 37.6. The van der Waals surface area contributed by atoms with Crippen molar-refractivity contribution in [3.63, 3.8) is 0 Å². The van der Waals surface area contributed by atoms with Gasteiger partial charge in [-0.3, -0.25) is 4.18 Å². The lowest BCUT2D eigenvalue weighted by Gasteiger charge is -2.34. The summed E-state index contributed by atoms with van der Waals surface area (Å²) in [6.45, 7) is 8.42. The first-order valence-electron chi connectivity index (χ1n) is 7.44. The maximum atomic E-state index is 11.9. The van der Waals surface area contributed by atoms with Crippen molar-refractivity contribution < 1.29 is 26.9 Å². The van der Waals surface area contributed by atoms with Gasteiger partial charge in [0.25, 0.3) is 10.1 Å². The maximum absolute atomic E-state index is 11.9. The molecule has 1 heterocycles. The van der Waals surface area contributed by atoms with Crippen LogP contribution in [0.5, 0.6) is 0 Å². The lowest BCUT2D eigenvalue weighted by molar-refractivity contribution is -0.0522. The van der Waals surface area contributed by atoms with Crippen LogP contribution >= 0.6 is 0 Å². The van der Waals surface area contributed by atoms with E-state index < -0.39 is 15.7 Å². The van der Waals surface area contributed by atoms with Gasteiger partial charge in [0.1, 0.15) is 5.60 Å². The molecule has 0 aromatic rings. The standard InChI is InChI=1S/C14H27NO6S/c1-11(10-19-22(5,17)18)20-12-6-8-15(9-7-12)13(16)21-14(2,3)4/h11-12H,6-10H2,1-5H3/t11-/m1/s1. The predicted octanol–water partition coefficient (Wildman–Crippen LogP) is 1.77. The average molecular weight is 337 g/mol. The Kier molecular flexibility index (Phi) is 6.64. The number of ether oxygens (including phenoxy) is 2. The van der Waals surface area contributed by atoms with Crippen molar-refractivity contribution in [1.82, 2.24) is 4.90 Å². The Hall–Kier alpha value is -0.860. The van der Waals surface area contributed by atoms with Gasteiger partial charge in [0, 0.05) is 13.1 Å². The van der Waals surface area contributed by atoms with Crippen LogP contribution in [0.3, 0.4) is 0 Å². The highest BCUT2D eigenvalue weighted by atomic mass is 32.2. The highest BCUT2D eigenvalue weighted by Gasteiger charge is 2.28. The van der Waals surface area contributed by atoms with E-state index in [1.54, 1.807) is 11.8 Å². The second-order valence-electron chi connectivity index (χ2n) is 6.60. The highest BCUT2D eigenvalue weighted by molar-refractivity contribution is 7.85. The molecule has 0 spiro atoms. The number of rotatable bonds is 5. The summed E-state index contributed by atoms with van der Waals surface area (Å²) >= 11 is 0. The van der Waals surface area contributed by atoms with Crippen molar-refractivity contribution in [1.29, 1.82) is 0 Å². The molecular formula is C14H27NO6S. The molecule has 1 atom stereocenters. The van der Waals surface area contributed by atoms with E-state index in [2.05, 4.69) is 0 Å². The summed E-state index contributed by atoms with van der Waals surface area (Å²) in [5.41, 5.74) is -0.498.